The zero-order valence-corrected chi connectivity index (χ0v) is 10.1. The highest BCUT2D eigenvalue weighted by molar-refractivity contribution is 7.90. The van der Waals surface area contributed by atoms with Gasteiger partial charge in [-0.15, -0.1) is 11.6 Å². The summed E-state index contributed by atoms with van der Waals surface area (Å²) in [6.45, 7) is 2.91. The van der Waals surface area contributed by atoms with Crippen LogP contribution in [0.1, 0.15) is 19.3 Å². The maximum Gasteiger partial charge on any atom is 0.147 e. The van der Waals surface area contributed by atoms with Crippen LogP contribution < -0.4 is 0 Å². The van der Waals surface area contributed by atoms with Crippen LogP contribution in [0.15, 0.2) is 0 Å². The number of halogens is 1. The molecule has 1 heterocycles. The fourth-order valence-corrected chi connectivity index (χ4v) is 2.52. The highest BCUT2D eigenvalue weighted by atomic mass is 35.5. The summed E-state index contributed by atoms with van der Waals surface area (Å²) in [6, 6.07) is 0. The normalized spacial score (nSPS) is 21.3. The molecule has 0 unspecified atom stereocenters. The molecule has 1 aliphatic rings. The van der Waals surface area contributed by atoms with E-state index in [0.29, 0.717) is 11.1 Å². The fourth-order valence-electron chi connectivity index (χ4n) is 1.68. The smallest absolute Gasteiger partial charge is 0.147 e. The summed E-state index contributed by atoms with van der Waals surface area (Å²) in [7, 11) is -2.79. The van der Waals surface area contributed by atoms with Gasteiger partial charge in [-0.3, -0.25) is 0 Å². The molecule has 3 nitrogen and oxygen atoms in total. The topological polar surface area (TPSA) is 37.4 Å². The summed E-state index contributed by atoms with van der Waals surface area (Å²) in [6.07, 6.45) is 4.09. The van der Waals surface area contributed by atoms with Crippen LogP contribution in [0.3, 0.4) is 0 Å². The Kier molecular flexibility index (Phi) is 4.67. The van der Waals surface area contributed by atoms with Gasteiger partial charge in [0.25, 0.3) is 0 Å². The van der Waals surface area contributed by atoms with E-state index in [4.69, 9.17) is 11.6 Å². The average molecular weight is 240 g/mol. The molecule has 0 spiro atoms. The predicted molar refractivity (Wildman–Crippen MR) is 59.6 cm³/mol. The number of alkyl halides is 1. The zero-order chi connectivity index (χ0) is 10.6. The first-order valence-corrected chi connectivity index (χ1v) is 7.51. The number of hydrogen-bond acceptors (Lipinski definition) is 3. The van der Waals surface area contributed by atoms with Crippen LogP contribution in [-0.4, -0.2) is 50.3 Å². The van der Waals surface area contributed by atoms with Gasteiger partial charge in [-0.2, -0.15) is 0 Å². The molecule has 14 heavy (non-hydrogen) atoms. The van der Waals surface area contributed by atoms with Crippen molar-refractivity contribution in [1.82, 2.24) is 4.90 Å². The third kappa shape index (κ3) is 5.17. The molecule has 0 N–H and O–H groups in total. The Morgan fingerprint density at radius 2 is 1.93 bits per heavy atom. The van der Waals surface area contributed by atoms with E-state index in [1.807, 2.05) is 0 Å². The first-order chi connectivity index (χ1) is 6.47. The third-order valence-corrected chi connectivity index (χ3v) is 3.97. The molecule has 0 amide bonds. The van der Waals surface area contributed by atoms with Crippen LogP contribution in [-0.2, 0) is 9.84 Å². The summed E-state index contributed by atoms with van der Waals surface area (Å²) in [5.41, 5.74) is 0. The minimum Gasteiger partial charge on any atom is -0.303 e. The molecule has 0 aromatic heterocycles. The van der Waals surface area contributed by atoms with Crippen molar-refractivity contribution >= 4 is 21.4 Å². The molecular formula is C9H18ClNO2S. The van der Waals surface area contributed by atoms with Crippen molar-refractivity contribution in [1.29, 1.82) is 0 Å². The quantitative estimate of drug-likeness (QED) is 0.691. The second-order valence-electron chi connectivity index (χ2n) is 4.00. The van der Waals surface area contributed by atoms with E-state index < -0.39 is 9.84 Å². The number of piperidine rings is 1. The SMILES string of the molecule is CS(=O)(=O)CCCN1CCC(Cl)CC1. The summed E-state index contributed by atoms with van der Waals surface area (Å²) in [5, 5.41) is 0.321. The lowest BCUT2D eigenvalue weighted by atomic mass is 10.1. The first kappa shape index (κ1) is 12.3. The predicted octanol–water partition coefficient (Wildman–Crippen LogP) is 1.12. The third-order valence-electron chi connectivity index (χ3n) is 2.51. The van der Waals surface area contributed by atoms with Gasteiger partial charge in [0.1, 0.15) is 9.84 Å². The van der Waals surface area contributed by atoms with E-state index in [9.17, 15) is 8.42 Å². The number of likely N-dealkylation sites (tertiary alicyclic amines) is 1. The van der Waals surface area contributed by atoms with Gasteiger partial charge in [-0.1, -0.05) is 0 Å². The Hall–Kier alpha value is 0.200. The van der Waals surface area contributed by atoms with Gasteiger partial charge in [-0.25, -0.2) is 8.42 Å². The highest BCUT2D eigenvalue weighted by Crippen LogP contribution is 2.15. The van der Waals surface area contributed by atoms with Gasteiger partial charge in [-0.05, 0) is 38.9 Å². The van der Waals surface area contributed by atoms with Gasteiger partial charge in [0.2, 0.25) is 0 Å². The van der Waals surface area contributed by atoms with Crippen molar-refractivity contribution < 1.29 is 8.42 Å². The zero-order valence-electron chi connectivity index (χ0n) is 8.58. The van der Waals surface area contributed by atoms with E-state index >= 15 is 0 Å². The van der Waals surface area contributed by atoms with Gasteiger partial charge >= 0.3 is 0 Å². The molecule has 0 saturated carbocycles. The molecule has 1 aliphatic heterocycles. The average Bonchev–Trinajstić information content (AvgIpc) is 2.06. The van der Waals surface area contributed by atoms with Crippen molar-refractivity contribution in [2.75, 3.05) is 31.6 Å². The second-order valence-corrected chi connectivity index (χ2v) is 6.88. The first-order valence-electron chi connectivity index (χ1n) is 5.01. The van der Waals surface area contributed by atoms with Crippen LogP contribution in [0.2, 0.25) is 0 Å². The summed E-state index contributed by atoms with van der Waals surface area (Å²) < 4.78 is 21.8. The number of rotatable bonds is 4. The molecule has 1 fully saturated rings. The van der Waals surface area contributed by atoms with Crippen molar-refractivity contribution in [3.8, 4) is 0 Å². The van der Waals surface area contributed by atoms with Crippen LogP contribution in [0.4, 0.5) is 0 Å². The Labute approximate surface area is 91.3 Å². The van der Waals surface area contributed by atoms with Gasteiger partial charge < -0.3 is 4.90 Å². The second kappa shape index (κ2) is 5.33. The maximum absolute atomic E-state index is 10.9. The van der Waals surface area contributed by atoms with Gasteiger partial charge in [0, 0.05) is 11.6 Å². The monoisotopic (exact) mass is 239 g/mol. The fraction of sp³-hybridized carbons (Fsp3) is 1.00. The largest absolute Gasteiger partial charge is 0.303 e. The van der Waals surface area contributed by atoms with Crippen molar-refractivity contribution in [3.05, 3.63) is 0 Å². The minimum absolute atomic E-state index is 0.299. The molecule has 1 rings (SSSR count). The molecule has 0 atom stereocenters. The van der Waals surface area contributed by atoms with Crippen LogP contribution in [0.5, 0.6) is 0 Å². The molecular weight excluding hydrogens is 222 g/mol. The van der Waals surface area contributed by atoms with Gasteiger partial charge in [0.05, 0.1) is 5.75 Å². The number of sulfone groups is 1. The lowest BCUT2D eigenvalue weighted by Crippen LogP contribution is -2.35. The molecule has 84 valence electrons. The summed E-state index contributed by atoms with van der Waals surface area (Å²) in [5.74, 6) is 0.299. The van der Waals surface area contributed by atoms with E-state index in [1.54, 1.807) is 0 Å². The number of nitrogens with zero attached hydrogens (tertiary/aromatic N) is 1. The standard InChI is InChI=1S/C9H18ClNO2S/c1-14(12,13)8-2-5-11-6-3-9(10)4-7-11/h9H,2-8H2,1H3. The van der Waals surface area contributed by atoms with Crippen LogP contribution >= 0.6 is 11.6 Å². The van der Waals surface area contributed by atoms with Crippen molar-refractivity contribution in [3.63, 3.8) is 0 Å². The summed E-state index contributed by atoms with van der Waals surface area (Å²) >= 11 is 5.97. The van der Waals surface area contributed by atoms with E-state index in [-0.39, 0.29) is 0 Å². The molecule has 0 aromatic carbocycles. The Morgan fingerprint density at radius 3 is 2.43 bits per heavy atom. The van der Waals surface area contributed by atoms with Gasteiger partial charge in [0.15, 0.2) is 0 Å². The Morgan fingerprint density at radius 1 is 1.36 bits per heavy atom. The molecule has 0 aromatic rings. The van der Waals surface area contributed by atoms with Crippen molar-refractivity contribution in [2.24, 2.45) is 0 Å². The van der Waals surface area contributed by atoms with E-state index in [1.165, 1.54) is 6.26 Å². The van der Waals surface area contributed by atoms with E-state index in [2.05, 4.69) is 4.90 Å². The molecule has 5 heteroatoms. The Balaban J connectivity index is 2.14. The van der Waals surface area contributed by atoms with Crippen LogP contribution in [0, 0.1) is 0 Å². The summed E-state index contributed by atoms with van der Waals surface area (Å²) in [4.78, 5) is 2.30. The van der Waals surface area contributed by atoms with Crippen molar-refractivity contribution in [2.45, 2.75) is 24.6 Å². The maximum atomic E-state index is 10.9. The molecule has 0 radical (unpaired) electrons. The Bertz CT molecular complexity index is 258. The minimum atomic E-state index is -2.79. The van der Waals surface area contributed by atoms with E-state index in [0.717, 1.165) is 38.9 Å². The molecule has 1 saturated heterocycles. The highest BCUT2D eigenvalue weighted by Gasteiger charge is 2.16. The molecule has 0 bridgehead atoms. The lowest BCUT2D eigenvalue weighted by molar-refractivity contribution is 0.232. The molecule has 0 aliphatic carbocycles. The number of hydrogen-bond donors (Lipinski definition) is 0. The van der Waals surface area contributed by atoms with Crippen LogP contribution in [0.25, 0.3) is 0 Å². The lowest BCUT2D eigenvalue weighted by Gasteiger charge is -2.28.